The summed E-state index contributed by atoms with van der Waals surface area (Å²) in [5, 5.41) is 15.4. The maximum Gasteiger partial charge on any atom is 0.191 e. The van der Waals surface area contributed by atoms with Gasteiger partial charge in [-0.3, -0.25) is 9.39 Å². The fraction of sp³-hybridized carbons (Fsp3) is 0.650. The van der Waals surface area contributed by atoms with E-state index in [-0.39, 0.29) is 0 Å². The van der Waals surface area contributed by atoms with Gasteiger partial charge < -0.3 is 10.6 Å². The zero-order chi connectivity index (χ0) is 18.2. The van der Waals surface area contributed by atoms with Gasteiger partial charge in [-0.15, -0.1) is 10.2 Å². The van der Waals surface area contributed by atoms with Crippen molar-refractivity contribution in [2.45, 2.75) is 64.3 Å². The van der Waals surface area contributed by atoms with Crippen LogP contribution < -0.4 is 10.6 Å². The van der Waals surface area contributed by atoms with Crippen molar-refractivity contribution < 1.29 is 0 Å². The van der Waals surface area contributed by atoms with E-state index in [0.717, 1.165) is 36.3 Å². The number of aliphatic imine (C=N–C) groups is 1. The maximum atomic E-state index is 4.36. The minimum absolute atomic E-state index is 0.442. The molecule has 6 heteroatoms. The predicted octanol–water partition coefficient (Wildman–Crippen LogP) is 3.19. The summed E-state index contributed by atoms with van der Waals surface area (Å²) >= 11 is 0. The van der Waals surface area contributed by atoms with Crippen molar-refractivity contribution in [2.24, 2.45) is 10.9 Å². The van der Waals surface area contributed by atoms with Gasteiger partial charge in [0.25, 0.3) is 0 Å². The minimum atomic E-state index is 0.442. The highest BCUT2D eigenvalue weighted by Gasteiger charge is 2.15. The molecule has 0 spiro atoms. The first-order valence-electron chi connectivity index (χ1n) is 10.0. The minimum Gasteiger partial charge on any atom is -0.356 e. The van der Waals surface area contributed by atoms with Gasteiger partial charge in [-0.1, -0.05) is 38.2 Å². The number of rotatable bonds is 7. The van der Waals surface area contributed by atoms with E-state index in [1.807, 2.05) is 35.8 Å². The van der Waals surface area contributed by atoms with E-state index in [1.165, 1.54) is 44.9 Å². The maximum absolute atomic E-state index is 4.36. The van der Waals surface area contributed by atoms with Crippen LogP contribution in [0.4, 0.5) is 0 Å². The number of aromatic nitrogens is 3. The molecule has 142 valence electrons. The standard InChI is InChI=1S/C20H32N6/c1-16(11-12-17-8-4-3-5-9-17)23-20(21-2)22-14-13-19-25-24-18-10-6-7-15-26(18)19/h6-7,10,15-17H,3-5,8-9,11-14H2,1-2H3,(H2,21,22,23). The topological polar surface area (TPSA) is 66.6 Å². The summed E-state index contributed by atoms with van der Waals surface area (Å²) in [5.41, 5.74) is 0.890. The van der Waals surface area contributed by atoms with Crippen molar-refractivity contribution in [1.82, 2.24) is 25.2 Å². The molecule has 0 aromatic carbocycles. The van der Waals surface area contributed by atoms with Crippen LogP contribution in [0.3, 0.4) is 0 Å². The van der Waals surface area contributed by atoms with Crippen LogP contribution in [-0.2, 0) is 6.42 Å². The number of fused-ring (bicyclic) bond motifs is 1. The Labute approximate surface area is 156 Å². The Hall–Kier alpha value is -2.11. The molecule has 1 saturated carbocycles. The van der Waals surface area contributed by atoms with E-state index in [2.05, 4.69) is 32.7 Å². The molecule has 26 heavy (non-hydrogen) atoms. The number of guanidine groups is 1. The number of pyridine rings is 1. The lowest BCUT2D eigenvalue weighted by Gasteiger charge is -2.24. The predicted molar refractivity (Wildman–Crippen MR) is 106 cm³/mol. The lowest BCUT2D eigenvalue weighted by molar-refractivity contribution is 0.322. The Bertz CT molecular complexity index is 701. The molecular weight excluding hydrogens is 324 g/mol. The van der Waals surface area contributed by atoms with E-state index in [0.29, 0.717) is 6.04 Å². The van der Waals surface area contributed by atoms with Gasteiger partial charge in [0.05, 0.1) is 0 Å². The molecule has 1 fully saturated rings. The molecule has 1 atom stereocenters. The van der Waals surface area contributed by atoms with E-state index in [9.17, 15) is 0 Å². The Morgan fingerprint density at radius 3 is 2.92 bits per heavy atom. The van der Waals surface area contributed by atoms with Crippen LogP contribution in [-0.4, -0.2) is 40.2 Å². The molecule has 0 bridgehead atoms. The van der Waals surface area contributed by atoms with Gasteiger partial charge in [0.15, 0.2) is 11.6 Å². The third-order valence-corrected chi connectivity index (χ3v) is 5.36. The molecule has 1 unspecified atom stereocenters. The summed E-state index contributed by atoms with van der Waals surface area (Å²) in [6.45, 7) is 3.03. The zero-order valence-corrected chi connectivity index (χ0v) is 16.1. The number of nitrogens with zero attached hydrogens (tertiary/aromatic N) is 4. The SMILES string of the molecule is CN=C(NCCc1nnc2ccccn12)NC(C)CCC1CCCCC1. The van der Waals surface area contributed by atoms with Crippen LogP contribution in [0.2, 0.25) is 0 Å². The number of hydrogen-bond donors (Lipinski definition) is 2. The van der Waals surface area contributed by atoms with Crippen LogP contribution in [0.15, 0.2) is 29.4 Å². The summed E-state index contributed by atoms with van der Waals surface area (Å²) in [6, 6.07) is 6.39. The van der Waals surface area contributed by atoms with E-state index < -0.39 is 0 Å². The van der Waals surface area contributed by atoms with Gasteiger partial charge in [-0.2, -0.15) is 0 Å². The van der Waals surface area contributed by atoms with Crippen LogP contribution in [0.25, 0.3) is 5.65 Å². The average molecular weight is 357 g/mol. The second-order valence-electron chi connectivity index (χ2n) is 7.42. The Morgan fingerprint density at radius 2 is 2.12 bits per heavy atom. The molecule has 2 N–H and O–H groups in total. The van der Waals surface area contributed by atoms with Crippen molar-refractivity contribution >= 4 is 11.6 Å². The van der Waals surface area contributed by atoms with E-state index >= 15 is 0 Å². The van der Waals surface area contributed by atoms with Crippen LogP contribution >= 0.6 is 0 Å². The quantitative estimate of drug-likeness (QED) is 0.591. The largest absolute Gasteiger partial charge is 0.356 e. The van der Waals surface area contributed by atoms with Gasteiger partial charge in [-0.05, 0) is 37.8 Å². The monoisotopic (exact) mass is 356 g/mol. The Morgan fingerprint density at radius 1 is 1.27 bits per heavy atom. The molecule has 0 radical (unpaired) electrons. The summed E-state index contributed by atoms with van der Waals surface area (Å²) in [5.74, 6) is 2.77. The Balaban J connectivity index is 1.40. The lowest BCUT2D eigenvalue weighted by atomic mass is 9.85. The van der Waals surface area contributed by atoms with E-state index in [1.54, 1.807) is 0 Å². The molecule has 2 aromatic heterocycles. The summed E-state index contributed by atoms with van der Waals surface area (Å²) in [7, 11) is 1.83. The van der Waals surface area contributed by atoms with Crippen molar-refractivity contribution in [1.29, 1.82) is 0 Å². The molecule has 0 aliphatic heterocycles. The van der Waals surface area contributed by atoms with Crippen LogP contribution in [0.5, 0.6) is 0 Å². The van der Waals surface area contributed by atoms with Gasteiger partial charge in [-0.25, -0.2) is 0 Å². The highest BCUT2D eigenvalue weighted by molar-refractivity contribution is 5.79. The second kappa shape index (κ2) is 9.55. The van der Waals surface area contributed by atoms with Crippen molar-refractivity contribution in [3.63, 3.8) is 0 Å². The second-order valence-corrected chi connectivity index (χ2v) is 7.42. The number of hydrogen-bond acceptors (Lipinski definition) is 3. The molecule has 1 aliphatic carbocycles. The first-order valence-corrected chi connectivity index (χ1v) is 10.0. The average Bonchev–Trinajstić information content (AvgIpc) is 3.09. The summed E-state index contributed by atoms with van der Waals surface area (Å²) in [4.78, 5) is 4.36. The fourth-order valence-electron chi connectivity index (χ4n) is 3.82. The van der Waals surface area contributed by atoms with Gasteiger partial charge >= 0.3 is 0 Å². The molecule has 0 amide bonds. The van der Waals surface area contributed by atoms with Gasteiger partial charge in [0, 0.05) is 32.3 Å². The molecule has 6 nitrogen and oxygen atoms in total. The van der Waals surface area contributed by atoms with E-state index in [4.69, 9.17) is 0 Å². The molecule has 2 heterocycles. The molecule has 1 aliphatic rings. The van der Waals surface area contributed by atoms with Gasteiger partial charge in [0.1, 0.15) is 5.82 Å². The normalized spacial score (nSPS) is 17.4. The van der Waals surface area contributed by atoms with Crippen LogP contribution in [0.1, 0.15) is 57.7 Å². The Kier molecular flexibility index (Phi) is 6.86. The van der Waals surface area contributed by atoms with Crippen molar-refractivity contribution in [3.05, 3.63) is 30.2 Å². The first kappa shape index (κ1) is 18.7. The van der Waals surface area contributed by atoms with Crippen molar-refractivity contribution in [3.8, 4) is 0 Å². The van der Waals surface area contributed by atoms with Crippen molar-refractivity contribution in [2.75, 3.05) is 13.6 Å². The smallest absolute Gasteiger partial charge is 0.191 e. The third-order valence-electron chi connectivity index (χ3n) is 5.36. The third kappa shape index (κ3) is 5.19. The van der Waals surface area contributed by atoms with Crippen LogP contribution in [0, 0.1) is 5.92 Å². The first-order chi connectivity index (χ1) is 12.8. The fourth-order valence-corrected chi connectivity index (χ4v) is 3.82. The van der Waals surface area contributed by atoms with Gasteiger partial charge in [0.2, 0.25) is 0 Å². The molecular formula is C20H32N6. The summed E-state index contributed by atoms with van der Waals surface area (Å²) < 4.78 is 2.03. The molecule has 3 rings (SSSR count). The lowest BCUT2D eigenvalue weighted by Crippen LogP contribution is -2.43. The highest BCUT2D eigenvalue weighted by Crippen LogP contribution is 2.27. The zero-order valence-electron chi connectivity index (χ0n) is 16.1. The molecule has 2 aromatic rings. The highest BCUT2D eigenvalue weighted by atomic mass is 15.2. The molecule has 0 saturated heterocycles. The summed E-state index contributed by atoms with van der Waals surface area (Å²) in [6.07, 6.45) is 12.5. The number of nitrogens with one attached hydrogen (secondary N) is 2.